The number of hydrogen-bond acceptors (Lipinski definition) is 5. The van der Waals surface area contributed by atoms with E-state index >= 15 is 0 Å². The molecule has 0 spiro atoms. The molecule has 38 heavy (non-hydrogen) atoms. The molecule has 206 valence electrons. The fourth-order valence-electron chi connectivity index (χ4n) is 3.07. The van der Waals surface area contributed by atoms with Crippen LogP contribution in [0.1, 0.15) is 28.6 Å². The normalized spacial score (nSPS) is 9.11. The van der Waals surface area contributed by atoms with Crippen molar-refractivity contribution >= 4 is 11.4 Å². The molecule has 0 radical (unpaired) electrons. The second-order valence-electron chi connectivity index (χ2n) is 7.10. The van der Waals surface area contributed by atoms with Crippen LogP contribution in [0.2, 0.25) is 0 Å². The minimum atomic E-state index is -1.00. The Kier molecular flexibility index (Phi) is 32.2. The summed E-state index contributed by atoms with van der Waals surface area (Å²) in [6, 6.07) is 20.7. The summed E-state index contributed by atoms with van der Waals surface area (Å²) in [5.41, 5.74) is 24.1. The Morgan fingerprint density at radius 1 is 0.789 bits per heavy atom. The van der Waals surface area contributed by atoms with Crippen LogP contribution in [0.5, 0.6) is 0 Å². The average molecular weight is 542 g/mol. The summed E-state index contributed by atoms with van der Waals surface area (Å²) in [6.07, 6.45) is 1.09. The number of para-hydroxylation sites is 2. The second kappa shape index (κ2) is 32.5. The zero-order valence-electron chi connectivity index (χ0n) is 24.3. The van der Waals surface area contributed by atoms with Crippen LogP contribution in [-0.4, -0.2) is 66.3 Å². The van der Waals surface area contributed by atoms with Crippen molar-refractivity contribution in [3.05, 3.63) is 87.1 Å². The molecule has 2 aromatic carbocycles. The fraction of sp³-hybridized carbons (Fsp3) is 0.538. The quantitative estimate of drug-likeness (QED) is 0.110. The van der Waals surface area contributed by atoms with Gasteiger partial charge in [0.2, 0.25) is 0 Å². The van der Waals surface area contributed by atoms with Gasteiger partial charge in [0.15, 0.2) is 0 Å². The summed E-state index contributed by atoms with van der Waals surface area (Å²) < 4.78 is 26.4. The standard InChI is InChI=1S/C13H21NO.C12H18N4O.CH3F.N3.Na/c1-3-11-15-12-10-14(4-2)13-8-6-5-7-9-13;1-2-16(12-6-4-3-5-7-12)9-11-17-10-8-14-15-13;1-2;1-3-2;/h5-9H,3-4,10-12H2,1-2H3;3-7H,2,8-11H2,1H3;1H3;;/q;;;-1;+1/i;;1D;;. The number of halogens is 1. The molecule has 0 aliphatic heterocycles. The Labute approximate surface area is 250 Å². The number of nitrogens with zero attached hydrogens (tertiary/aromatic N) is 8. The van der Waals surface area contributed by atoms with Crippen LogP contribution in [0.25, 0.3) is 26.4 Å². The molecular formula is C26H42FN8NaO2. The number of azide groups is 1. The number of anilines is 2. The van der Waals surface area contributed by atoms with Crippen molar-refractivity contribution in [2.24, 2.45) is 5.11 Å². The first kappa shape index (κ1) is 37.7. The van der Waals surface area contributed by atoms with Crippen molar-refractivity contribution in [3.63, 3.8) is 0 Å². The van der Waals surface area contributed by atoms with Crippen molar-refractivity contribution in [1.29, 1.82) is 0 Å². The van der Waals surface area contributed by atoms with E-state index in [0.717, 1.165) is 45.8 Å². The van der Waals surface area contributed by atoms with Gasteiger partial charge in [-0.25, -0.2) is 0 Å². The number of ether oxygens (including phenoxy) is 2. The predicted molar refractivity (Wildman–Crippen MR) is 152 cm³/mol. The van der Waals surface area contributed by atoms with Gasteiger partial charge in [0.05, 0.1) is 28.3 Å². The minimum absolute atomic E-state index is 0. The Morgan fingerprint density at radius 2 is 1.18 bits per heavy atom. The molecule has 0 amide bonds. The Hall–Kier alpha value is -2.49. The third kappa shape index (κ3) is 22.7. The third-order valence-electron chi connectivity index (χ3n) is 4.76. The van der Waals surface area contributed by atoms with Gasteiger partial charge in [-0.15, -0.1) is 0 Å². The number of benzene rings is 2. The molecule has 2 rings (SSSR count). The van der Waals surface area contributed by atoms with E-state index in [1.807, 2.05) is 24.3 Å². The van der Waals surface area contributed by atoms with Gasteiger partial charge in [0.1, 0.15) is 0 Å². The van der Waals surface area contributed by atoms with Crippen LogP contribution < -0.4 is 39.4 Å². The Bertz CT molecular complexity index is 846. The van der Waals surface area contributed by atoms with Gasteiger partial charge in [0, 0.05) is 55.6 Å². The maximum atomic E-state index is 9.96. The summed E-state index contributed by atoms with van der Waals surface area (Å²) in [5, 5.41) is 3.41. The van der Waals surface area contributed by atoms with Gasteiger partial charge in [-0.3, -0.25) is 9.30 Å². The second-order valence-corrected chi connectivity index (χ2v) is 7.10. The molecule has 0 bridgehead atoms. The summed E-state index contributed by atoms with van der Waals surface area (Å²) >= 11 is 0. The number of likely N-dealkylation sites (N-methyl/N-ethyl adjacent to an activating group) is 2. The number of rotatable bonds is 15. The van der Waals surface area contributed by atoms with E-state index in [2.05, 4.69) is 77.0 Å². The molecule has 0 saturated heterocycles. The molecule has 0 aliphatic rings. The van der Waals surface area contributed by atoms with Crippen LogP contribution in [-0.2, 0) is 9.47 Å². The molecule has 0 N–H and O–H groups in total. The summed E-state index contributed by atoms with van der Waals surface area (Å²) in [7, 11) is -1.00. The molecule has 12 heteroatoms. The van der Waals surface area contributed by atoms with Gasteiger partial charge in [0.25, 0.3) is 0 Å². The van der Waals surface area contributed by atoms with Crippen LogP contribution in [0.4, 0.5) is 15.8 Å². The average Bonchev–Trinajstić information content (AvgIpc) is 2.95. The zero-order valence-corrected chi connectivity index (χ0v) is 25.3. The molecule has 0 unspecified atom stereocenters. The van der Waals surface area contributed by atoms with E-state index in [1.165, 1.54) is 16.3 Å². The van der Waals surface area contributed by atoms with Gasteiger partial charge in [-0.1, -0.05) is 48.4 Å². The Morgan fingerprint density at radius 3 is 1.53 bits per heavy atom. The summed E-state index contributed by atoms with van der Waals surface area (Å²) in [5.74, 6) is 0. The van der Waals surface area contributed by atoms with Crippen LogP contribution in [0.15, 0.2) is 65.8 Å². The molecule has 0 saturated carbocycles. The summed E-state index contributed by atoms with van der Waals surface area (Å²) in [4.78, 5) is 8.74. The van der Waals surface area contributed by atoms with E-state index in [-0.39, 0.29) is 29.6 Å². The van der Waals surface area contributed by atoms with E-state index in [0.29, 0.717) is 19.8 Å². The maximum absolute atomic E-state index is 9.96. The Balaban J connectivity index is -0.000000543. The van der Waals surface area contributed by atoms with Crippen molar-refractivity contribution in [1.82, 2.24) is 0 Å². The molecule has 0 heterocycles. The van der Waals surface area contributed by atoms with Gasteiger partial charge in [-0.05, 0) is 50.1 Å². The third-order valence-corrected chi connectivity index (χ3v) is 4.76. The van der Waals surface area contributed by atoms with Crippen molar-refractivity contribution in [2.75, 3.05) is 76.1 Å². The van der Waals surface area contributed by atoms with Crippen LogP contribution in [0, 0.1) is 0 Å². The SMILES string of the molecule is CCCOCCN(CC)c1ccccc1.CCN(CCOCCN=[N+]=[N-])c1ccccc1.[2H]CF.[N-]=[N+]=[N-].[Na+]. The molecule has 0 atom stereocenters. The van der Waals surface area contributed by atoms with Crippen molar-refractivity contribution < 1.29 is 44.8 Å². The first-order valence-electron chi connectivity index (χ1n) is 12.9. The van der Waals surface area contributed by atoms with Gasteiger partial charge in [-0.2, -0.15) is 0 Å². The molecule has 2 aromatic rings. The first-order chi connectivity index (χ1) is 18.6. The van der Waals surface area contributed by atoms with Crippen molar-refractivity contribution in [2.45, 2.75) is 27.2 Å². The maximum Gasteiger partial charge on any atom is 1.00 e. The number of alkyl halides is 1. The topological polar surface area (TPSA) is 132 Å². The van der Waals surface area contributed by atoms with E-state index < -0.39 is 7.15 Å². The van der Waals surface area contributed by atoms with Crippen LogP contribution in [0.3, 0.4) is 0 Å². The summed E-state index contributed by atoms with van der Waals surface area (Å²) in [6.45, 7) is 13.4. The molecular weight excluding hydrogens is 498 g/mol. The van der Waals surface area contributed by atoms with E-state index in [1.54, 1.807) is 0 Å². The number of hydrogen-bond donors (Lipinski definition) is 0. The zero-order chi connectivity index (χ0) is 28.7. The smallest absolute Gasteiger partial charge is 0.380 e. The fourth-order valence-corrected chi connectivity index (χ4v) is 3.07. The van der Waals surface area contributed by atoms with E-state index in [9.17, 15) is 4.39 Å². The monoisotopic (exact) mass is 541 g/mol. The van der Waals surface area contributed by atoms with Gasteiger partial charge < -0.3 is 30.3 Å². The molecule has 0 fully saturated rings. The molecule has 0 aliphatic carbocycles. The minimum Gasteiger partial charge on any atom is -0.380 e. The predicted octanol–water partition coefficient (Wildman–Crippen LogP) is 4.24. The molecule has 0 aromatic heterocycles. The van der Waals surface area contributed by atoms with E-state index in [4.69, 9.17) is 27.4 Å². The van der Waals surface area contributed by atoms with Crippen LogP contribution >= 0.6 is 0 Å². The molecule has 10 nitrogen and oxygen atoms in total. The first-order valence-corrected chi connectivity index (χ1v) is 12.2. The largest absolute Gasteiger partial charge is 1.00 e. The van der Waals surface area contributed by atoms with Crippen molar-refractivity contribution in [3.8, 4) is 0 Å². The van der Waals surface area contributed by atoms with Gasteiger partial charge >= 0.3 is 29.6 Å².